The van der Waals surface area contributed by atoms with Gasteiger partial charge in [0.2, 0.25) is 11.9 Å². The van der Waals surface area contributed by atoms with Crippen molar-refractivity contribution in [3.63, 3.8) is 0 Å². The smallest absolute Gasteiger partial charge is 0.252 e. The zero-order valence-electron chi connectivity index (χ0n) is 15.1. The predicted octanol–water partition coefficient (Wildman–Crippen LogP) is 3.05. The Morgan fingerprint density at radius 1 is 1.27 bits per heavy atom. The molecule has 26 heavy (non-hydrogen) atoms. The second-order valence-electron chi connectivity index (χ2n) is 7.59. The maximum absolute atomic E-state index is 12.4. The minimum absolute atomic E-state index is 0.00426. The van der Waals surface area contributed by atoms with Crippen LogP contribution in [0.25, 0.3) is 5.95 Å². The van der Waals surface area contributed by atoms with E-state index in [0.29, 0.717) is 35.7 Å². The van der Waals surface area contributed by atoms with E-state index in [1.54, 1.807) is 11.6 Å². The molecule has 1 amide bonds. The lowest BCUT2D eigenvalue weighted by atomic mass is 10.0. The van der Waals surface area contributed by atoms with Crippen LogP contribution in [0.3, 0.4) is 0 Å². The van der Waals surface area contributed by atoms with Crippen molar-refractivity contribution < 1.29 is 4.79 Å². The van der Waals surface area contributed by atoms with Crippen LogP contribution < -0.4 is 10.9 Å². The number of carbonyl (C=O) groups is 1. The minimum atomic E-state index is -0.227. The Bertz CT molecular complexity index is 859. The zero-order valence-corrected chi connectivity index (χ0v) is 15.1. The normalized spacial score (nSPS) is 17.6. The molecule has 2 aliphatic carbocycles. The Morgan fingerprint density at radius 2 is 2.04 bits per heavy atom. The molecule has 0 aliphatic heterocycles. The Kier molecular flexibility index (Phi) is 4.61. The first-order chi connectivity index (χ1) is 12.6. The molecule has 2 aromatic heterocycles. The number of aromatic nitrogens is 4. The molecule has 7 heteroatoms. The number of hydrogen-bond donors (Lipinski definition) is 2. The number of hydrogen-bond acceptors (Lipinski definition) is 4. The molecular weight excluding hydrogens is 330 g/mol. The van der Waals surface area contributed by atoms with E-state index in [4.69, 9.17) is 0 Å². The fourth-order valence-electron chi connectivity index (χ4n) is 3.73. The number of anilines is 1. The van der Waals surface area contributed by atoms with Crippen LogP contribution >= 0.6 is 0 Å². The molecule has 2 aromatic rings. The summed E-state index contributed by atoms with van der Waals surface area (Å²) in [7, 11) is 0. The van der Waals surface area contributed by atoms with Gasteiger partial charge in [-0.3, -0.25) is 14.6 Å². The highest BCUT2D eigenvalue weighted by Crippen LogP contribution is 2.40. The van der Waals surface area contributed by atoms with Crippen molar-refractivity contribution in [1.29, 1.82) is 0 Å². The summed E-state index contributed by atoms with van der Waals surface area (Å²) in [6, 6.07) is 3.35. The van der Waals surface area contributed by atoms with Gasteiger partial charge in [-0.25, -0.2) is 4.98 Å². The fourth-order valence-corrected chi connectivity index (χ4v) is 3.73. The summed E-state index contributed by atoms with van der Waals surface area (Å²) < 4.78 is 1.55. The standard InChI is InChI=1S/C19H25N5O2/c1-12-10-18(26)22-19(20-12)24-16(11-15(23-24)14-7-8-14)21-17(25)9-6-13-4-2-3-5-13/h10-11,13-14H,2-9H2,1H3,(H,21,25)(H,20,22,26). The van der Waals surface area contributed by atoms with Crippen LogP contribution in [0.4, 0.5) is 5.82 Å². The van der Waals surface area contributed by atoms with Gasteiger partial charge in [-0.15, -0.1) is 0 Å². The van der Waals surface area contributed by atoms with Gasteiger partial charge >= 0.3 is 0 Å². The molecule has 4 rings (SSSR count). The lowest BCUT2D eigenvalue weighted by Crippen LogP contribution is -2.19. The molecule has 0 aromatic carbocycles. The molecule has 2 aliphatic rings. The van der Waals surface area contributed by atoms with Crippen LogP contribution in [0.1, 0.15) is 68.7 Å². The number of nitrogens with one attached hydrogen (secondary N) is 2. The highest BCUT2D eigenvalue weighted by Gasteiger charge is 2.28. The number of aryl methyl sites for hydroxylation is 1. The molecular formula is C19H25N5O2. The van der Waals surface area contributed by atoms with Crippen LogP contribution in [0.2, 0.25) is 0 Å². The number of H-pyrrole nitrogens is 1. The van der Waals surface area contributed by atoms with Crippen LogP contribution in [-0.2, 0) is 4.79 Å². The zero-order chi connectivity index (χ0) is 18.1. The molecule has 2 N–H and O–H groups in total. The van der Waals surface area contributed by atoms with Gasteiger partial charge in [-0.2, -0.15) is 9.78 Å². The summed E-state index contributed by atoms with van der Waals surface area (Å²) in [4.78, 5) is 31.3. The topological polar surface area (TPSA) is 92.7 Å². The maximum atomic E-state index is 12.4. The summed E-state index contributed by atoms with van der Waals surface area (Å²) in [5.41, 5.74) is 1.33. The van der Waals surface area contributed by atoms with E-state index < -0.39 is 0 Å². The van der Waals surface area contributed by atoms with E-state index in [-0.39, 0.29) is 11.5 Å². The highest BCUT2D eigenvalue weighted by atomic mass is 16.1. The summed E-state index contributed by atoms with van der Waals surface area (Å²) >= 11 is 0. The number of rotatable bonds is 6. The van der Waals surface area contributed by atoms with Crippen LogP contribution in [0, 0.1) is 12.8 Å². The van der Waals surface area contributed by atoms with Gasteiger partial charge in [0.05, 0.1) is 5.69 Å². The van der Waals surface area contributed by atoms with Crippen LogP contribution in [-0.4, -0.2) is 25.7 Å². The molecule has 0 atom stereocenters. The van der Waals surface area contributed by atoms with Crippen molar-refractivity contribution in [2.75, 3.05) is 5.32 Å². The minimum Gasteiger partial charge on any atom is -0.310 e. The van der Waals surface area contributed by atoms with E-state index in [1.807, 2.05) is 6.07 Å². The predicted molar refractivity (Wildman–Crippen MR) is 98.5 cm³/mol. The van der Waals surface area contributed by atoms with Gasteiger partial charge < -0.3 is 5.32 Å². The van der Waals surface area contributed by atoms with Crippen molar-refractivity contribution in [1.82, 2.24) is 19.7 Å². The summed E-state index contributed by atoms with van der Waals surface area (Å²) in [5, 5.41) is 7.56. The Morgan fingerprint density at radius 3 is 2.73 bits per heavy atom. The molecule has 7 nitrogen and oxygen atoms in total. The second-order valence-corrected chi connectivity index (χ2v) is 7.59. The maximum Gasteiger partial charge on any atom is 0.252 e. The first-order valence-electron chi connectivity index (χ1n) is 9.56. The lowest BCUT2D eigenvalue weighted by Gasteiger charge is -2.10. The third-order valence-electron chi connectivity index (χ3n) is 5.30. The fraction of sp³-hybridized carbons (Fsp3) is 0.579. The molecule has 2 fully saturated rings. The number of carbonyl (C=O) groups excluding carboxylic acids is 1. The highest BCUT2D eigenvalue weighted by molar-refractivity contribution is 5.90. The van der Waals surface area contributed by atoms with Gasteiger partial charge in [0.25, 0.3) is 5.56 Å². The van der Waals surface area contributed by atoms with E-state index >= 15 is 0 Å². The molecule has 138 valence electrons. The lowest BCUT2D eigenvalue weighted by molar-refractivity contribution is -0.116. The van der Waals surface area contributed by atoms with E-state index in [1.165, 1.54) is 31.7 Å². The van der Waals surface area contributed by atoms with Gasteiger partial charge in [0.15, 0.2) is 0 Å². The van der Waals surface area contributed by atoms with Crippen molar-refractivity contribution >= 4 is 11.7 Å². The van der Waals surface area contributed by atoms with E-state index in [9.17, 15) is 9.59 Å². The quantitative estimate of drug-likeness (QED) is 0.833. The molecule has 0 unspecified atom stereocenters. The van der Waals surface area contributed by atoms with Gasteiger partial charge in [0, 0.05) is 30.2 Å². The van der Waals surface area contributed by atoms with Gasteiger partial charge in [-0.1, -0.05) is 25.7 Å². The Balaban J connectivity index is 1.54. The molecule has 0 radical (unpaired) electrons. The third-order valence-corrected chi connectivity index (χ3v) is 5.30. The van der Waals surface area contributed by atoms with Crippen LogP contribution in [0.15, 0.2) is 16.9 Å². The average Bonchev–Trinajstić information content (AvgIpc) is 3.15. The SMILES string of the molecule is Cc1cc(=O)[nH]c(-n2nc(C3CC3)cc2NC(=O)CCC2CCCC2)n1. The number of aromatic amines is 1. The third kappa shape index (κ3) is 3.86. The molecule has 2 saturated carbocycles. The van der Waals surface area contributed by atoms with Crippen molar-refractivity contribution in [2.24, 2.45) is 5.92 Å². The second kappa shape index (κ2) is 7.05. The summed E-state index contributed by atoms with van der Waals surface area (Å²) in [6.07, 6.45) is 8.75. The van der Waals surface area contributed by atoms with Gasteiger partial charge in [0.1, 0.15) is 5.82 Å². The summed E-state index contributed by atoms with van der Waals surface area (Å²) in [6.45, 7) is 1.77. The molecule has 0 bridgehead atoms. The van der Waals surface area contributed by atoms with E-state index in [0.717, 1.165) is 25.0 Å². The largest absolute Gasteiger partial charge is 0.310 e. The summed E-state index contributed by atoms with van der Waals surface area (Å²) in [5.74, 6) is 2.05. The first kappa shape index (κ1) is 17.0. The van der Waals surface area contributed by atoms with E-state index in [2.05, 4.69) is 20.4 Å². The number of nitrogens with zero attached hydrogens (tertiary/aromatic N) is 3. The molecule has 0 spiro atoms. The monoisotopic (exact) mass is 355 g/mol. The molecule has 2 heterocycles. The molecule has 0 saturated heterocycles. The first-order valence-corrected chi connectivity index (χ1v) is 9.56. The average molecular weight is 355 g/mol. The van der Waals surface area contributed by atoms with Crippen molar-refractivity contribution in [2.45, 2.75) is 64.2 Å². The van der Waals surface area contributed by atoms with Gasteiger partial charge in [-0.05, 0) is 32.1 Å². The number of amides is 1. The Labute approximate surface area is 152 Å². The van der Waals surface area contributed by atoms with Crippen molar-refractivity contribution in [3.8, 4) is 5.95 Å². The Hall–Kier alpha value is -2.44. The van der Waals surface area contributed by atoms with Crippen molar-refractivity contribution in [3.05, 3.63) is 33.9 Å². The van der Waals surface area contributed by atoms with Crippen LogP contribution in [0.5, 0.6) is 0 Å².